The van der Waals surface area contributed by atoms with Crippen LogP contribution in [0.2, 0.25) is 0 Å². The maximum absolute atomic E-state index is 13.9. The summed E-state index contributed by atoms with van der Waals surface area (Å²) in [7, 11) is 1.37. The zero-order valence-electron chi connectivity index (χ0n) is 15.8. The summed E-state index contributed by atoms with van der Waals surface area (Å²) < 4.78 is 24.5. The highest BCUT2D eigenvalue weighted by molar-refractivity contribution is 6.04. The molecular weight excluding hydrogens is 371 g/mol. The van der Waals surface area contributed by atoms with Crippen molar-refractivity contribution in [2.75, 3.05) is 12.4 Å². The Labute approximate surface area is 168 Å². The van der Waals surface area contributed by atoms with Crippen molar-refractivity contribution < 1.29 is 18.7 Å². The highest BCUT2D eigenvalue weighted by Gasteiger charge is 2.12. The predicted molar refractivity (Wildman–Crippen MR) is 107 cm³/mol. The smallest absolute Gasteiger partial charge is 0.255 e. The third kappa shape index (κ3) is 5.11. The summed E-state index contributed by atoms with van der Waals surface area (Å²) in [6, 6.07) is 20.7. The van der Waals surface area contributed by atoms with Gasteiger partial charge in [0.2, 0.25) is 0 Å². The van der Waals surface area contributed by atoms with Gasteiger partial charge in [-0.3, -0.25) is 4.79 Å². The Morgan fingerprint density at radius 2 is 1.86 bits per heavy atom. The number of amides is 1. The molecule has 3 rings (SSSR count). The van der Waals surface area contributed by atoms with Gasteiger partial charge in [-0.25, -0.2) is 4.39 Å². The largest absolute Gasteiger partial charge is 0.494 e. The molecule has 1 N–H and O–H groups in total. The number of methoxy groups -OCH3 is 1. The van der Waals surface area contributed by atoms with Crippen molar-refractivity contribution in [1.29, 1.82) is 5.26 Å². The Kier molecular flexibility index (Phi) is 6.43. The Hall–Kier alpha value is -3.85. The average Bonchev–Trinajstić information content (AvgIpc) is 2.74. The van der Waals surface area contributed by atoms with Crippen LogP contribution in [0.3, 0.4) is 0 Å². The molecule has 1 amide bonds. The lowest BCUT2D eigenvalue weighted by atomic mass is 10.1. The summed E-state index contributed by atoms with van der Waals surface area (Å²) in [6.07, 6.45) is 0.348. The molecule has 0 aliphatic heterocycles. The molecule has 0 aliphatic rings. The second kappa shape index (κ2) is 9.38. The molecule has 29 heavy (non-hydrogen) atoms. The molecule has 0 bridgehead atoms. The minimum atomic E-state index is -0.600. The van der Waals surface area contributed by atoms with Gasteiger partial charge in [0.15, 0.2) is 11.6 Å². The standard InChI is InChI=1S/C23H19FN2O3/c1-28-22-11-8-17(14-20(22)24)23(27)26-21-5-3-2-4-18(21)15-29-19-9-6-16(7-10-19)12-13-25/h2-11,14H,12,15H2,1H3,(H,26,27). The maximum Gasteiger partial charge on any atom is 0.255 e. The summed E-state index contributed by atoms with van der Waals surface area (Å²) in [5.41, 5.74) is 2.46. The topological polar surface area (TPSA) is 71.3 Å². The van der Waals surface area contributed by atoms with Crippen LogP contribution in [0.4, 0.5) is 10.1 Å². The normalized spacial score (nSPS) is 10.1. The molecule has 0 saturated carbocycles. The highest BCUT2D eigenvalue weighted by Crippen LogP contribution is 2.22. The van der Waals surface area contributed by atoms with Crippen LogP contribution in [0, 0.1) is 17.1 Å². The minimum Gasteiger partial charge on any atom is -0.494 e. The van der Waals surface area contributed by atoms with Crippen LogP contribution in [0.25, 0.3) is 0 Å². The van der Waals surface area contributed by atoms with E-state index in [1.165, 1.54) is 19.2 Å². The van der Waals surface area contributed by atoms with E-state index in [1.54, 1.807) is 24.3 Å². The second-order valence-corrected chi connectivity index (χ2v) is 6.23. The fourth-order valence-corrected chi connectivity index (χ4v) is 2.73. The Balaban J connectivity index is 1.69. The van der Waals surface area contributed by atoms with Gasteiger partial charge in [0.25, 0.3) is 5.91 Å². The van der Waals surface area contributed by atoms with Gasteiger partial charge in [-0.15, -0.1) is 0 Å². The molecular formula is C23H19FN2O3. The molecule has 3 aromatic carbocycles. The third-order valence-electron chi connectivity index (χ3n) is 4.28. The van der Waals surface area contributed by atoms with Gasteiger partial charge < -0.3 is 14.8 Å². The third-order valence-corrected chi connectivity index (χ3v) is 4.28. The number of nitrogens with zero attached hydrogens (tertiary/aromatic N) is 1. The van der Waals surface area contributed by atoms with E-state index in [0.717, 1.165) is 17.2 Å². The van der Waals surface area contributed by atoms with Gasteiger partial charge in [0, 0.05) is 16.8 Å². The van der Waals surface area contributed by atoms with E-state index in [9.17, 15) is 9.18 Å². The SMILES string of the molecule is COc1ccc(C(=O)Nc2ccccc2COc2ccc(CC#N)cc2)cc1F. The van der Waals surface area contributed by atoms with E-state index in [1.807, 2.05) is 24.3 Å². The first-order valence-electron chi connectivity index (χ1n) is 8.92. The summed E-state index contributed by atoms with van der Waals surface area (Å²) in [4.78, 5) is 12.5. The van der Waals surface area contributed by atoms with E-state index in [2.05, 4.69) is 11.4 Å². The van der Waals surface area contributed by atoms with Crippen LogP contribution in [0.1, 0.15) is 21.5 Å². The minimum absolute atomic E-state index is 0.0798. The van der Waals surface area contributed by atoms with Crippen molar-refractivity contribution >= 4 is 11.6 Å². The van der Waals surface area contributed by atoms with E-state index in [4.69, 9.17) is 14.7 Å². The van der Waals surface area contributed by atoms with E-state index < -0.39 is 11.7 Å². The van der Waals surface area contributed by atoms with Gasteiger partial charge in [0.05, 0.1) is 19.6 Å². The molecule has 0 aromatic heterocycles. The summed E-state index contributed by atoms with van der Waals surface area (Å²) in [5, 5.41) is 11.5. The molecule has 146 valence electrons. The van der Waals surface area contributed by atoms with Crippen molar-refractivity contribution in [3.63, 3.8) is 0 Å². The van der Waals surface area contributed by atoms with Gasteiger partial charge in [0.1, 0.15) is 12.4 Å². The predicted octanol–water partition coefficient (Wildman–Crippen LogP) is 4.73. The number of rotatable bonds is 7. The summed E-state index contributed by atoms with van der Waals surface area (Å²) in [6.45, 7) is 0.241. The number of carbonyl (C=O) groups is 1. The summed E-state index contributed by atoms with van der Waals surface area (Å²) >= 11 is 0. The number of nitriles is 1. The Bertz CT molecular complexity index is 1040. The fraction of sp³-hybridized carbons (Fsp3) is 0.130. The first kappa shape index (κ1) is 19.9. The van der Waals surface area contributed by atoms with Crippen LogP contribution in [0.15, 0.2) is 66.7 Å². The lowest BCUT2D eigenvalue weighted by Crippen LogP contribution is -2.14. The number of hydrogen-bond acceptors (Lipinski definition) is 4. The average molecular weight is 390 g/mol. The number of para-hydroxylation sites is 1. The lowest BCUT2D eigenvalue weighted by molar-refractivity contribution is 0.102. The molecule has 5 nitrogen and oxygen atoms in total. The Morgan fingerprint density at radius 1 is 1.10 bits per heavy atom. The highest BCUT2D eigenvalue weighted by atomic mass is 19.1. The van der Waals surface area contributed by atoms with E-state index in [0.29, 0.717) is 17.9 Å². The van der Waals surface area contributed by atoms with Crippen LogP contribution >= 0.6 is 0 Å². The molecule has 0 spiro atoms. The first-order chi connectivity index (χ1) is 14.1. The monoisotopic (exact) mass is 390 g/mol. The fourth-order valence-electron chi connectivity index (χ4n) is 2.73. The Morgan fingerprint density at radius 3 is 2.55 bits per heavy atom. The molecule has 0 aliphatic carbocycles. The zero-order valence-corrected chi connectivity index (χ0v) is 15.8. The van der Waals surface area contributed by atoms with Crippen molar-refractivity contribution in [3.8, 4) is 17.6 Å². The number of carbonyl (C=O) groups excluding carboxylic acids is 1. The number of nitrogens with one attached hydrogen (secondary N) is 1. The molecule has 0 atom stereocenters. The van der Waals surface area contributed by atoms with Crippen molar-refractivity contribution in [2.45, 2.75) is 13.0 Å². The van der Waals surface area contributed by atoms with E-state index in [-0.39, 0.29) is 17.9 Å². The molecule has 0 heterocycles. The number of hydrogen-bond donors (Lipinski definition) is 1. The molecule has 0 saturated heterocycles. The lowest BCUT2D eigenvalue weighted by Gasteiger charge is -2.13. The molecule has 0 radical (unpaired) electrons. The van der Waals surface area contributed by atoms with Crippen LogP contribution in [-0.4, -0.2) is 13.0 Å². The molecule has 3 aromatic rings. The van der Waals surface area contributed by atoms with Gasteiger partial charge >= 0.3 is 0 Å². The first-order valence-corrected chi connectivity index (χ1v) is 8.92. The number of ether oxygens (including phenoxy) is 2. The van der Waals surface area contributed by atoms with Crippen LogP contribution in [0.5, 0.6) is 11.5 Å². The van der Waals surface area contributed by atoms with Crippen molar-refractivity contribution in [2.24, 2.45) is 0 Å². The van der Waals surface area contributed by atoms with E-state index >= 15 is 0 Å². The molecule has 0 fully saturated rings. The zero-order chi connectivity index (χ0) is 20.6. The number of benzene rings is 3. The molecule has 6 heteroatoms. The van der Waals surface area contributed by atoms with Gasteiger partial charge in [-0.2, -0.15) is 5.26 Å². The number of halogens is 1. The van der Waals surface area contributed by atoms with Crippen LogP contribution < -0.4 is 14.8 Å². The van der Waals surface area contributed by atoms with Gasteiger partial charge in [-0.1, -0.05) is 30.3 Å². The summed E-state index contributed by atoms with van der Waals surface area (Å²) in [5.74, 6) is -0.294. The molecule has 0 unspecified atom stereocenters. The van der Waals surface area contributed by atoms with Crippen LogP contribution in [-0.2, 0) is 13.0 Å². The second-order valence-electron chi connectivity index (χ2n) is 6.23. The van der Waals surface area contributed by atoms with Crippen molar-refractivity contribution in [1.82, 2.24) is 0 Å². The number of anilines is 1. The quantitative estimate of drug-likeness (QED) is 0.633. The maximum atomic E-state index is 13.9. The van der Waals surface area contributed by atoms with Gasteiger partial charge in [-0.05, 0) is 42.0 Å². The van der Waals surface area contributed by atoms with Crippen molar-refractivity contribution in [3.05, 3.63) is 89.2 Å².